The largest absolute Gasteiger partial charge is 0.489 e. The van der Waals surface area contributed by atoms with Gasteiger partial charge in [0.2, 0.25) is 11.9 Å². The number of nitrogens with one attached hydrogen (secondary N) is 2. The van der Waals surface area contributed by atoms with Gasteiger partial charge < -0.3 is 25.1 Å². The Hall–Kier alpha value is -4.87. The maximum atomic E-state index is 13.2. The molecule has 12 nitrogen and oxygen atoms in total. The van der Waals surface area contributed by atoms with Crippen LogP contribution in [-0.4, -0.2) is 50.4 Å². The van der Waals surface area contributed by atoms with Crippen LogP contribution in [0.1, 0.15) is 57.9 Å². The zero-order valence-corrected chi connectivity index (χ0v) is 22.3. The molecule has 3 heterocycles. The topological polar surface area (TPSA) is 155 Å². The summed E-state index contributed by atoms with van der Waals surface area (Å²) < 4.78 is 14.8. The average molecular weight is 546 g/mol. The summed E-state index contributed by atoms with van der Waals surface area (Å²) in [5.41, 5.74) is 8.98. The molecule has 208 valence electrons. The van der Waals surface area contributed by atoms with Crippen molar-refractivity contribution in [3.8, 4) is 5.75 Å². The number of carbonyl (C=O) groups is 3. The molecule has 4 N–H and O–H groups in total. The van der Waals surface area contributed by atoms with Crippen LogP contribution in [0.5, 0.6) is 5.75 Å². The van der Waals surface area contributed by atoms with Crippen molar-refractivity contribution in [3.63, 3.8) is 0 Å². The number of anilines is 1. The van der Waals surface area contributed by atoms with Crippen LogP contribution in [0.4, 0.5) is 10.7 Å². The number of alkyl carbamates (subject to hydrolysis) is 1. The van der Waals surface area contributed by atoms with Gasteiger partial charge in [0.15, 0.2) is 0 Å². The number of imidazole rings is 1. The van der Waals surface area contributed by atoms with Crippen molar-refractivity contribution < 1.29 is 23.9 Å². The minimum absolute atomic E-state index is 0.188. The van der Waals surface area contributed by atoms with Crippen molar-refractivity contribution in [2.75, 3.05) is 18.5 Å². The number of nitrogens with two attached hydrogens (primary N) is 1. The van der Waals surface area contributed by atoms with E-state index < -0.39 is 12.0 Å². The highest BCUT2D eigenvalue weighted by Gasteiger charge is 2.29. The number of aryl methyl sites for hydroxylation is 2. The molecule has 1 atom stereocenters. The molecule has 1 aliphatic heterocycles. The summed E-state index contributed by atoms with van der Waals surface area (Å²) in [6.07, 6.45) is 0.753. The Morgan fingerprint density at radius 2 is 1.98 bits per heavy atom. The van der Waals surface area contributed by atoms with Crippen molar-refractivity contribution in [2.45, 2.75) is 45.9 Å². The molecule has 0 unspecified atom stereocenters. The van der Waals surface area contributed by atoms with Crippen molar-refractivity contribution in [2.24, 2.45) is 5.73 Å². The minimum atomic E-state index is -0.600. The van der Waals surface area contributed by atoms with Gasteiger partial charge in [-0.2, -0.15) is 5.10 Å². The predicted octanol–water partition coefficient (Wildman–Crippen LogP) is 3.55. The van der Waals surface area contributed by atoms with E-state index in [2.05, 4.69) is 20.7 Å². The number of aromatic nitrogens is 4. The highest BCUT2D eigenvalue weighted by molar-refractivity contribution is 6.04. The SMILES string of the molecule is CCn1nc(C)cc1C(=O)Nc1nc2cc(C(N)=O)cc3c2n1[C@H](CCCNC(=O)OCc1ccccc1)CO3. The number of rotatable bonds is 10. The van der Waals surface area contributed by atoms with Gasteiger partial charge in [-0.25, -0.2) is 9.78 Å². The van der Waals surface area contributed by atoms with E-state index in [0.29, 0.717) is 54.4 Å². The van der Waals surface area contributed by atoms with Crippen LogP contribution in [0.2, 0.25) is 0 Å². The Kier molecular flexibility index (Phi) is 7.67. The van der Waals surface area contributed by atoms with Gasteiger partial charge in [-0.1, -0.05) is 30.3 Å². The van der Waals surface area contributed by atoms with Crippen LogP contribution in [0.25, 0.3) is 11.0 Å². The summed E-state index contributed by atoms with van der Waals surface area (Å²) in [4.78, 5) is 41.9. The molecule has 0 saturated carbocycles. The maximum absolute atomic E-state index is 13.2. The van der Waals surface area contributed by atoms with E-state index in [9.17, 15) is 14.4 Å². The monoisotopic (exact) mass is 545 g/mol. The average Bonchev–Trinajstić information content (AvgIpc) is 3.52. The summed E-state index contributed by atoms with van der Waals surface area (Å²) in [5.74, 6) is -0.157. The second kappa shape index (κ2) is 11.5. The lowest BCUT2D eigenvalue weighted by atomic mass is 10.1. The summed E-state index contributed by atoms with van der Waals surface area (Å²) in [5, 5.41) is 10.1. The van der Waals surface area contributed by atoms with E-state index in [1.165, 1.54) is 0 Å². The zero-order chi connectivity index (χ0) is 28.2. The Morgan fingerprint density at radius 3 is 2.73 bits per heavy atom. The summed E-state index contributed by atoms with van der Waals surface area (Å²) in [7, 11) is 0. The van der Waals surface area contributed by atoms with Crippen LogP contribution in [-0.2, 0) is 17.9 Å². The first-order valence-electron chi connectivity index (χ1n) is 13.1. The molecule has 0 radical (unpaired) electrons. The molecule has 4 aromatic rings. The molecule has 1 aliphatic rings. The van der Waals surface area contributed by atoms with Crippen LogP contribution < -0.4 is 21.1 Å². The van der Waals surface area contributed by atoms with Crippen molar-refractivity contribution in [1.82, 2.24) is 24.6 Å². The van der Waals surface area contributed by atoms with E-state index in [1.54, 1.807) is 22.9 Å². The quantitative estimate of drug-likeness (QED) is 0.257. The van der Waals surface area contributed by atoms with E-state index in [-0.39, 0.29) is 30.7 Å². The zero-order valence-electron chi connectivity index (χ0n) is 22.3. The third kappa shape index (κ3) is 5.60. The Bertz CT molecular complexity index is 1560. The Balaban J connectivity index is 1.32. The van der Waals surface area contributed by atoms with E-state index >= 15 is 0 Å². The van der Waals surface area contributed by atoms with Gasteiger partial charge in [0, 0.05) is 18.7 Å². The van der Waals surface area contributed by atoms with Gasteiger partial charge in [-0.3, -0.25) is 19.6 Å². The number of benzene rings is 2. The molecule has 5 rings (SSSR count). The lowest BCUT2D eigenvalue weighted by molar-refractivity contribution is 0.0995. The fourth-order valence-electron chi connectivity index (χ4n) is 4.80. The lowest BCUT2D eigenvalue weighted by Gasteiger charge is -2.27. The van der Waals surface area contributed by atoms with Gasteiger partial charge in [-0.15, -0.1) is 0 Å². The molecule has 0 saturated heterocycles. The number of primary amides is 1. The minimum Gasteiger partial charge on any atom is -0.489 e. The molecular weight excluding hydrogens is 514 g/mol. The van der Waals surface area contributed by atoms with Crippen LogP contribution >= 0.6 is 0 Å². The van der Waals surface area contributed by atoms with Gasteiger partial charge in [0.1, 0.15) is 30.2 Å². The molecular formula is C28H31N7O5. The molecule has 0 bridgehead atoms. The maximum Gasteiger partial charge on any atom is 0.407 e. The second-order valence-corrected chi connectivity index (χ2v) is 9.55. The van der Waals surface area contributed by atoms with Crippen molar-refractivity contribution in [1.29, 1.82) is 0 Å². The third-order valence-electron chi connectivity index (χ3n) is 6.69. The molecule has 2 aromatic heterocycles. The number of carbonyl (C=O) groups excluding carboxylic acids is 3. The van der Waals surface area contributed by atoms with Gasteiger partial charge in [-0.05, 0) is 50.5 Å². The lowest BCUT2D eigenvalue weighted by Crippen LogP contribution is -2.28. The summed E-state index contributed by atoms with van der Waals surface area (Å²) >= 11 is 0. The Labute approximate surface area is 230 Å². The molecule has 0 aliphatic carbocycles. The van der Waals surface area contributed by atoms with E-state index in [4.69, 9.17) is 15.2 Å². The van der Waals surface area contributed by atoms with Crippen LogP contribution in [0, 0.1) is 6.92 Å². The van der Waals surface area contributed by atoms with Gasteiger partial charge in [0.05, 0.1) is 17.3 Å². The predicted molar refractivity (Wildman–Crippen MR) is 147 cm³/mol. The molecule has 0 spiro atoms. The van der Waals surface area contributed by atoms with Gasteiger partial charge >= 0.3 is 6.09 Å². The van der Waals surface area contributed by atoms with E-state index in [0.717, 1.165) is 11.3 Å². The van der Waals surface area contributed by atoms with Gasteiger partial charge in [0.25, 0.3) is 5.91 Å². The molecule has 3 amide bonds. The van der Waals surface area contributed by atoms with E-state index in [1.807, 2.05) is 48.7 Å². The molecule has 2 aromatic carbocycles. The number of hydrogen-bond donors (Lipinski definition) is 3. The fourth-order valence-corrected chi connectivity index (χ4v) is 4.80. The van der Waals surface area contributed by atoms with Crippen LogP contribution in [0.3, 0.4) is 0 Å². The first-order valence-corrected chi connectivity index (χ1v) is 13.1. The fraction of sp³-hybridized carbons (Fsp3) is 0.321. The molecule has 0 fully saturated rings. The number of ether oxygens (including phenoxy) is 2. The third-order valence-corrected chi connectivity index (χ3v) is 6.69. The van der Waals surface area contributed by atoms with Crippen LogP contribution in [0.15, 0.2) is 48.5 Å². The summed E-state index contributed by atoms with van der Waals surface area (Å²) in [6.45, 7) is 5.15. The number of nitrogens with zero attached hydrogens (tertiary/aromatic N) is 4. The first kappa shape index (κ1) is 26.7. The van der Waals surface area contributed by atoms with Crippen molar-refractivity contribution >= 4 is 34.9 Å². The van der Waals surface area contributed by atoms with Crippen molar-refractivity contribution in [3.05, 3.63) is 71.0 Å². The smallest absolute Gasteiger partial charge is 0.407 e. The second-order valence-electron chi connectivity index (χ2n) is 9.55. The number of amides is 3. The molecule has 12 heteroatoms. The summed E-state index contributed by atoms with van der Waals surface area (Å²) in [6, 6.07) is 14.2. The highest BCUT2D eigenvalue weighted by atomic mass is 16.5. The molecule has 40 heavy (non-hydrogen) atoms. The standard InChI is InChI=1S/C28H31N7O5/c1-3-34-22(12-17(2)33-34)26(37)32-27-31-21-13-19(25(29)36)14-23-24(21)35(27)20(16-39-23)10-7-11-30-28(38)40-15-18-8-5-4-6-9-18/h4-6,8-9,12-14,20H,3,7,10-11,15-16H2,1-2H3,(H2,29,36)(H,30,38)(H,31,32,37)/t20-/m1/s1. The normalized spacial score (nSPS) is 14.0. The highest BCUT2D eigenvalue weighted by Crippen LogP contribution is 2.38. The Morgan fingerprint density at radius 1 is 1.18 bits per heavy atom. The number of hydrogen-bond acceptors (Lipinski definition) is 7. The first-order chi connectivity index (χ1) is 19.3.